The lowest BCUT2D eigenvalue weighted by Crippen LogP contribution is -2.18. The Hall–Kier alpha value is -1.80. The van der Waals surface area contributed by atoms with E-state index in [2.05, 4.69) is 29.4 Å². The molecule has 0 aliphatic rings. The molecule has 1 amide bonds. The van der Waals surface area contributed by atoms with E-state index in [1.54, 1.807) is 24.3 Å². The summed E-state index contributed by atoms with van der Waals surface area (Å²) in [5.74, 6) is -0.300. The van der Waals surface area contributed by atoms with Crippen molar-refractivity contribution >= 4 is 32.2 Å². The number of anilines is 1. The Kier molecular flexibility index (Phi) is 7.07. The Labute approximate surface area is 152 Å². The summed E-state index contributed by atoms with van der Waals surface area (Å²) >= 11 is 1.34. The molecule has 0 aliphatic heterocycles. The van der Waals surface area contributed by atoms with Gasteiger partial charge in [-0.25, -0.2) is 8.42 Å². The van der Waals surface area contributed by atoms with Crippen molar-refractivity contribution < 1.29 is 13.2 Å². The van der Waals surface area contributed by atoms with Crippen molar-refractivity contribution in [3.05, 3.63) is 40.9 Å². The van der Waals surface area contributed by atoms with E-state index in [1.165, 1.54) is 11.3 Å². The van der Waals surface area contributed by atoms with Crippen LogP contribution in [0.5, 0.6) is 0 Å². The molecule has 0 bridgehead atoms. The molecule has 8 heteroatoms. The van der Waals surface area contributed by atoms with Gasteiger partial charge in [0.25, 0.3) is 0 Å². The number of carbonyl (C=O) groups is 1. The molecule has 25 heavy (non-hydrogen) atoms. The van der Waals surface area contributed by atoms with Crippen LogP contribution < -0.4 is 5.32 Å². The maximum Gasteiger partial charge on any atom is 0.227 e. The first-order valence-electron chi connectivity index (χ1n) is 8.27. The number of nitrogens with one attached hydrogen (secondary N) is 1. The zero-order chi connectivity index (χ0) is 18.3. The van der Waals surface area contributed by atoms with Crippen molar-refractivity contribution in [2.45, 2.75) is 44.8 Å². The molecule has 0 saturated carbocycles. The first kappa shape index (κ1) is 19.5. The van der Waals surface area contributed by atoms with E-state index in [0.29, 0.717) is 11.0 Å². The molecule has 1 atom stereocenters. The van der Waals surface area contributed by atoms with E-state index in [9.17, 15) is 13.2 Å². The smallest absolute Gasteiger partial charge is 0.227 e. The normalized spacial score (nSPS) is 12.7. The maximum absolute atomic E-state index is 12.1. The fraction of sp³-hybridized carbons (Fsp3) is 0.471. The zero-order valence-corrected chi connectivity index (χ0v) is 16.1. The van der Waals surface area contributed by atoms with Crippen molar-refractivity contribution in [1.82, 2.24) is 10.2 Å². The molecule has 1 heterocycles. The highest BCUT2D eigenvalue weighted by Gasteiger charge is 2.17. The number of hydrogen-bond donors (Lipinski definition) is 1. The van der Waals surface area contributed by atoms with Crippen LogP contribution in [0.15, 0.2) is 30.3 Å². The molecule has 2 rings (SSSR count). The van der Waals surface area contributed by atoms with E-state index in [0.717, 1.165) is 23.4 Å². The fourth-order valence-corrected chi connectivity index (χ4v) is 4.56. The number of amides is 1. The number of nitrogens with zero attached hydrogens (tertiary/aromatic N) is 2. The zero-order valence-electron chi connectivity index (χ0n) is 14.4. The lowest BCUT2D eigenvalue weighted by atomic mass is 10.1. The van der Waals surface area contributed by atoms with E-state index in [4.69, 9.17) is 0 Å². The second-order valence-electron chi connectivity index (χ2n) is 6.01. The second kappa shape index (κ2) is 9.05. The Bertz CT molecular complexity index is 788. The van der Waals surface area contributed by atoms with Gasteiger partial charge in [0.15, 0.2) is 9.84 Å². The van der Waals surface area contributed by atoms with E-state index in [1.807, 2.05) is 6.07 Å². The lowest BCUT2D eigenvalue weighted by Gasteiger charge is -2.05. The van der Waals surface area contributed by atoms with Gasteiger partial charge in [-0.2, -0.15) is 0 Å². The van der Waals surface area contributed by atoms with Crippen molar-refractivity contribution in [2.24, 2.45) is 0 Å². The van der Waals surface area contributed by atoms with Crippen LogP contribution in [0, 0.1) is 0 Å². The second-order valence-corrected chi connectivity index (χ2v) is 9.20. The molecule has 0 spiro atoms. The predicted molar refractivity (Wildman–Crippen MR) is 100 cm³/mol. The summed E-state index contributed by atoms with van der Waals surface area (Å²) in [5, 5.41) is 12.0. The van der Waals surface area contributed by atoms with Gasteiger partial charge >= 0.3 is 0 Å². The third-order valence-corrected chi connectivity index (χ3v) is 6.37. The van der Waals surface area contributed by atoms with Gasteiger partial charge in [0.2, 0.25) is 11.0 Å². The van der Waals surface area contributed by atoms with Crippen LogP contribution in [0.3, 0.4) is 0 Å². The lowest BCUT2D eigenvalue weighted by molar-refractivity contribution is -0.115. The third-order valence-electron chi connectivity index (χ3n) is 3.70. The maximum atomic E-state index is 12.1. The number of carbonyl (C=O) groups excluding carboxylic acids is 1. The summed E-state index contributed by atoms with van der Waals surface area (Å²) in [6, 6.07) is 8.95. The highest BCUT2D eigenvalue weighted by Crippen LogP contribution is 2.26. The van der Waals surface area contributed by atoms with Gasteiger partial charge in [0.1, 0.15) is 5.01 Å². The van der Waals surface area contributed by atoms with Gasteiger partial charge in [0, 0.05) is 12.3 Å². The predicted octanol–water partition coefficient (Wildman–Crippen LogP) is 3.39. The van der Waals surface area contributed by atoms with Crippen LogP contribution >= 0.6 is 11.3 Å². The Morgan fingerprint density at radius 1 is 1.24 bits per heavy atom. The molecule has 0 unspecified atom stereocenters. The molecule has 136 valence electrons. The monoisotopic (exact) mass is 381 g/mol. The molecule has 0 fully saturated rings. The average molecular weight is 382 g/mol. The molecular weight excluding hydrogens is 358 g/mol. The summed E-state index contributed by atoms with van der Waals surface area (Å²) in [4.78, 5) is 12.0. The average Bonchev–Trinajstić information content (AvgIpc) is 3.02. The molecule has 1 aromatic carbocycles. The minimum absolute atomic E-state index is 0.0569. The SMILES string of the molecule is CCC[C@H](C)c1nnc(NC(=O)CCS(=O)(=O)Cc2ccccc2)s1. The van der Waals surface area contributed by atoms with Gasteiger partial charge in [-0.15, -0.1) is 10.2 Å². The van der Waals surface area contributed by atoms with Crippen LogP contribution in [0.2, 0.25) is 0 Å². The molecular formula is C17H23N3O3S2. The Balaban J connectivity index is 1.84. The van der Waals surface area contributed by atoms with Crippen LogP contribution in [0.1, 0.15) is 49.6 Å². The van der Waals surface area contributed by atoms with Crippen molar-refractivity contribution in [3.63, 3.8) is 0 Å². The van der Waals surface area contributed by atoms with Crippen LogP contribution in [-0.2, 0) is 20.4 Å². The highest BCUT2D eigenvalue weighted by molar-refractivity contribution is 7.90. The highest BCUT2D eigenvalue weighted by atomic mass is 32.2. The number of benzene rings is 1. The summed E-state index contributed by atoms with van der Waals surface area (Å²) in [5.41, 5.74) is 0.724. The van der Waals surface area contributed by atoms with Crippen LogP contribution in [-0.4, -0.2) is 30.3 Å². The minimum Gasteiger partial charge on any atom is -0.301 e. The van der Waals surface area contributed by atoms with Crippen molar-refractivity contribution in [1.29, 1.82) is 0 Å². The number of sulfone groups is 1. The van der Waals surface area contributed by atoms with E-state index in [-0.39, 0.29) is 23.8 Å². The molecule has 6 nitrogen and oxygen atoms in total. The first-order chi connectivity index (χ1) is 11.9. The van der Waals surface area contributed by atoms with E-state index >= 15 is 0 Å². The van der Waals surface area contributed by atoms with Gasteiger partial charge in [-0.05, 0) is 12.0 Å². The van der Waals surface area contributed by atoms with Crippen LogP contribution in [0.4, 0.5) is 5.13 Å². The van der Waals surface area contributed by atoms with Crippen molar-refractivity contribution in [3.8, 4) is 0 Å². The molecule has 2 aromatic rings. The first-order valence-corrected chi connectivity index (χ1v) is 10.9. The summed E-state index contributed by atoms with van der Waals surface area (Å²) in [6.45, 7) is 4.18. The Morgan fingerprint density at radius 3 is 2.64 bits per heavy atom. The largest absolute Gasteiger partial charge is 0.301 e. The summed E-state index contributed by atoms with van der Waals surface area (Å²) < 4.78 is 24.2. The van der Waals surface area contributed by atoms with Crippen molar-refractivity contribution in [2.75, 3.05) is 11.1 Å². The number of hydrogen-bond acceptors (Lipinski definition) is 6. The summed E-state index contributed by atoms with van der Waals surface area (Å²) in [6.07, 6.45) is 1.98. The van der Waals surface area contributed by atoms with Crippen LogP contribution in [0.25, 0.3) is 0 Å². The van der Waals surface area contributed by atoms with Gasteiger partial charge < -0.3 is 5.32 Å². The quantitative estimate of drug-likeness (QED) is 0.719. The Morgan fingerprint density at radius 2 is 1.96 bits per heavy atom. The van der Waals surface area contributed by atoms with E-state index < -0.39 is 9.84 Å². The van der Waals surface area contributed by atoms with Gasteiger partial charge in [-0.1, -0.05) is 61.9 Å². The number of rotatable bonds is 9. The molecule has 0 aliphatic carbocycles. The van der Waals surface area contributed by atoms with Gasteiger partial charge in [-0.3, -0.25) is 4.79 Å². The standard InChI is InChI=1S/C17H23N3O3S2/c1-3-7-13(2)16-19-20-17(24-16)18-15(21)10-11-25(22,23)12-14-8-5-4-6-9-14/h4-6,8-9,13H,3,7,10-12H2,1-2H3,(H,18,20,21)/t13-/m0/s1. The van der Waals surface area contributed by atoms with Gasteiger partial charge in [0.05, 0.1) is 11.5 Å². The molecule has 1 N–H and O–H groups in total. The molecule has 1 aromatic heterocycles. The fourth-order valence-electron chi connectivity index (χ4n) is 2.37. The molecule has 0 saturated heterocycles. The minimum atomic E-state index is -3.33. The summed E-state index contributed by atoms with van der Waals surface area (Å²) in [7, 11) is -3.33. The number of aromatic nitrogens is 2. The molecule has 0 radical (unpaired) electrons. The third kappa shape index (κ3) is 6.55. The topological polar surface area (TPSA) is 89.0 Å².